The number of nitrogens with zero attached hydrogens (tertiary/aromatic N) is 2. The summed E-state index contributed by atoms with van der Waals surface area (Å²) in [6.45, 7) is 0.250. The molecule has 0 saturated heterocycles. The second-order valence-corrected chi connectivity index (χ2v) is 4.53. The van der Waals surface area contributed by atoms with Gasteiger partial charge in [-0.3, -0.25) is 0 Å². The van der Waals surface area contributed by atoms with Gasteiger partial charge in [0.05, 0.1) is 11.9 Å². The maximum atomic E-state index is 12.2. The van der Waals surface area contributed by atoms with Crippen LogP contribution in [0.3, 0.4) is 0 Å². The molecule has 1 heterocycles. The summed E-state index contributed by atoms with van der Waals surface area (Å²) in [7, 11) is 0. The minimum Gasteiger partial charge on any atom is -0.456 e. The van der Waals surface area contributed by atoms with Gasteiger partial charge in [-0.15, -0.1) is 0 Å². The largest absolute Gasteiger partial charge is 0.456 e. The van der Waals surface area contributed by atoms with E-state index in [1.165, 1.54) is 0 Å². The summed E-state index contributed by atoms with van der Waals surface area (Å²) in [6, 6.07) is 20.7. The normalized spacial score (nSPS) is 10.3. The SMILES string of the molecule is O=C(OCc1ccccc1)c1ccnn1-c1ccccc1. The fraction of sp³-hybridized carbons (Fsp3) is 0.0588. The lowest BCUT2D eigenvalue weighted by atomic mass is 10.2. The Balaban J connectivity index is 1.76. The van der Waals surface area contributed by atoms with Crippen LogP contribution in [0.25, 0.3) is 5.69 Å². The molecule has 2 aromatic carbocycles. The van der Waals surface area contributed by atoms with Gasteiger partial charge in [0.25, 0.3) is 0 Å². The molecule has 0 aliphatic heterocycles. The van der Waals surface area contributed by atoms with Crippen LogP contribution in [0.4, 0.5) is 0 Å². The lowest BCUT2D eigenvalue weighted by molar-refractivity contribution is 0.0462. The molecule has 0 saturated carbocycles. The maximum Gasteiger partial charge on any atom is 0.357 e. The van der Waals surface area contributed by atoms with Crippen molar-refractivity contribution < 1.29 is 9.53 Å². The Labute approximate surface area is 122 Å². The van der Waals surface area contributed by atoms with Crippen molar-refractivity contribution in [2.45, 2.75) is 6.61 Å². The molecule has 0 unspecified atom stereocenters. The zero-order valence-corrected chi connectivity index (χ0v) is 11.3. The molecule has 0 radical (unpaired) electrons. The molecular formula is C17H14N2O2. The smallest absolute Gasteiger partial charge is 0.357 e. The third-order valence-corrected chi connectivity index (χ3v) is 3.07. The van der Waals surface area contributed by atoms with E-state index in [4.69, 9.17) is 4.74 Å². The zero-order chi connectivity index (χ0) is 14.5. The van der Waals surface area contributed by atoms with Crippen LogP contribution in [0.15, 0.2) is 72.9 Å². The summed E-state index contributed by atoms with van der Waals surface area (Å²) in [6.07, 6.45) is 1.59. The Hall–Kier alpha value is -2.88. The van der Waals surface area contributed by atoms with Gasteiger partial charge in [0.15, 0.2) is 5.69 Å². The number of esters is 1. The molecule has 4 heteroatoms. The number of rotatable bonds is 4. The summed E-state index contributed by atoms with van der Waals surface area (Å²) in [5, 5.41) is 4.18. The quantitative estimate of drug-likeness (QED) is 0.688. The highest BCUT2D eigenvalue weighted by atomic mass is 16.5. The third kappa shape index (κ3) is 3.00. The molecule has 0 bridgehead atoms. The van der Waals surface area contributed by atoms with Crippen molar-refractivity contribution in [1.29, 1.82) is 0 Å². The van der Waals surface area contributed by atoms with Crippen molar-refractivity contribution >= 4 is 5.97 Å². The fourth-order valence-corrected chi connectivity index (χ4v) is 2.03. The van der Waals surface area contributed by atoms with Crippen LogP contribution in [0.5, 0.6) is 0 Å². The van der Waals surface area contributed by atoms with Gasteiger partial charge < -0.3 is 4.74 Å². The molecule has 0 amide bonds. The summed E-state index contributed by atoms with van der Waals surface area (Å²) in [5.41, 5.74) is 2.20. The standard InChI is InChI=1S/C17H14N2O2/c20-17(21-13-14-7-3-1-4-8-14)16-11-12-18-19(16)15-9-5-2-6-10-15/h1-12H,13H2. The molecule has 104 valence electrons. The van der Waals surface area contributed by atoms with Gasteiger partial charge in [0.1, 0.15) is 6.61 Å². The highest BCUT2D eigenvalue weighted by Gasteiger charge is 2.14. The van der Waals surface area contributed by atoms with Gasteiger partial charge in [0.2, 0.25) is 0 Å². The van der Waals surface area contributed by atoms with Crippen molar-refractivity contribution in [2.24, 2.45) is 0 Å². The van der Waals surface area contributed by atoms with E-state index in [-0.39, 0.29) is 12.6 Å². The summed E-state index contributed by atoms with van der Waals surface area (Å²) in [4.78, 5) is 12.2. The van der Waals surface area contributed by atoms with Crippen molar-refractivity contribution in [3.8, 4) is 5.69 Å². The van der Waals surface area contributed by atoms with Crippen LogP contribution >= 0.6 is 0 Å². The zero-order valence-electron chi connectivity index (χ0n) is 11.3. The van der Waals surface area contributed by atoms with Crippen molar-refractivity contribution in [3.63, 3.8) is 0 Å². The molecule has 21 heavy (non-hydrogen) atoms. The number of benzene rings is 2. The number of carbonyl (C=O) groups excluding carboxylic acids is 1. The fourth-order valence-electron chi connectivity index (χ4n) is 2.03. The first-order valence-corrected chi connectivity index (χ1v) is 6.65. The van der Waals surface area contributed by atoms with Crippen LogP contribution < -0.4 is 0 Å². The van der Waals surface area contributed by atoms with E-state index in [2.05, 4.69) is 5.10 Å². The number of ether oxygens (including phenoxy) is 1. The number of aromatic nitrogens is 2. The van der Waals surface area contributed by atoms with Crippen LogP contribution in [0.2, 0.25) is 0 Å². The van der Waals surface area contributed by atoms with E-state index in [1.807, 2.05) is 60.7 Å². The molecular weight excluding hydrogens is 264 g/mol. The third-order valence-electron chi connectivity index (χ3n) is 3.07. The van der Waals surface area contributed by atoms with E-state index in [0.717, 1.165) is 11.3 Å². The molecule has 0 spiro atoms. The van der Waals surface area contributed by atoms with Gasteiger partial charge in [-0.1, -0.05) is 48.5 Å². The Morgan fingerprint density at radius 1 is 0.952 bits per heavy atom. The maximum absolute atomic E-state index is 12.2. The Morgan fingerprint density at radius 3 is 2.33 bits per heavy atom. The molecule has 1 aromatic heterocycles. The van der Waals surface area contributed by atoms with E-state index < -0.39 is 0 Å². The van der Waals surface area contributed by atoms with E-state index >= 15 is 0 Å². The molecule has 4 nitrogen and oxygen atoms in total. The highest BCUT2D eigenvalue weighted by Crippen LogP contribution is 2.12. The predicted molar refractivity (Wildman–Crippen MR) is 79.1 cm³/mol. The minimum atomic E-state index is -0.389. The number of hydrogen-bond donors (Lipinski definition) is 0. The molecule has 0 aliphatic carbocycles. The van der Waals surface area contributed by atoms with Gasteiger partial charge >= 0.3 is 5.97 Å². The van der Waals surface area contributed by atoms with E-state index in [0.29, 0.717) is 5.69 Å². The second kappa shape index (κ2) is 6.05. The molecule has 3 rings (SSSR count). The van der Waals surface area contributed by atoms with Gasteiger partial charge in [-0.05, 0) is 23.8 Å². The van der Waals surface area contributed by atoms with Crippen molar-refractivity contribution in [3.05, 3.63) is 84.2 Å². The van der Waals surface area contributed by atoms with Crippen LogP contribution in [-0.4, -0.2) is 15.7 Å². The lowest BCUT2D eigenvalue weighted by Crippen LogP contribution is -2.12. The molecule has 3 aromatic rings. The molecule has 0 atom stereocenters. The topological polar surface area (TPSA) is 44.1 Å². The average Bonchev–Trinajstić information content (AvgIpc) is 3.04. The predicted octanol–water partition coefficient (Wildman–Crippen LogP) is 3.23. The van der Waals surface area contributed by atoms with Crippen LogP contribution in [0, 0.1) is 0 Å². The van der Waals surface area contributed by atoms with Crippen LogP contribution in [-0.2, 0) is 11.3 Å². The first-order valence-electron chi connectivity index (χ1n) is 6.65. The monoisotopic (exact) mass is 278 g/mol. The van der Waals surface area contributed by atoms with Gasteiger partial charge in [-0.25, -0.2) is 9.48 Å². The number of carbonyl (C=O) groups is 1. The first kappa shape index (κ1) is 13.1. The summed E-state index contributed by atoms with van der Waals surface area (Å²) in [5.74, 6) is -0.389. The first-order chi connectivity index (χ1) is 10.3. The Bertz CT molecular complexity index is 721. The van der Waals surface area contributed by atoms with Crippen molar-refractivity contribution in [2.75, 3.05) is 0 Å². The van der Waals surface area contributed by atoms with Gasteiger partial charge in [0, 0.05) is 0 Å². The summed E-state index contributed by atoms with van der Waals surface area (Å²) >= 11 is 0. The highest BCUT2D eigenvalue weighted by molar-refractivity contribution is 5.88. The number of hydrogen-bond acceptors (Lipinski definition) is 3. The molecule has 0 N–H and O–H groups in total. The Kier molecular flexibility index (Phi) is 3.78. The van der Waals surface area contributed by atoms with Crippen LogP contribution in [0.1, 0.15) is 16.1 Å². The Morgan fingerprint density at radius 2 is 1.62 bits per heavy atom. The number of para-hydroxylation sites is 1. The summed E-state index contributed by atoms with van der Waals surface area (Å²) < 4.78 is 6.91. The molecule has 0 aliphatic rings. The lowest BCUT2D eigenvalue weighted by Gasteiger charge is -2.08. The average molecular weight is 278 g/mol. The van der Waals surface area contributed by atoms with Gasteiger partial charge in [-0.2, -0.15) is 5.10 Å². The van der Waals surface area contributed by atoms with E-state index in [9.17, 15) is 4.79 Å². The van der Waals surface area contributed by atoms with E-state index in [1.54, 1.807) is 16.9 Å². The molecule has 0 fully saturated rings. The second-order valence-electron chi connectivity index (χ2n) is 4.53. The minimum absolute atomic E-state index is 0.250. The van der Waals surface area contributed by atoms with Crippen molar-refractivity contribution in [1.82, 2.24) is 9.78 Å².